The van der Waals surface area contributed by atoms with Gasteiger partial charge in [0, 0.05) is 49.5 Å². The van der Waals surface area contributed by atoms with Crippen LogP contribution >= 0.6 is 0 Å². The van der Waals surface area contributed by atoms with E-state index in [-0.39, 0.29) is 5.78 Å². The second kappa shape index (κ2) is 16.3. The van der Waals surface area contributed by atoms with Crippen LogP contribution in [0.3, 0.4) is 0 Å². The summed E-state index contributed by atoms with van der Waals surface area (Å²) < 4.78 is 4.54. The van der Waals surface area contributed by atoms with Crippen molar-refractivity contribution in [2.45, 2.75) is 0 Å². The Morgan fingerprint density at radius 2 is 0.855 bits per heavy atom. The van der Waals surface area contributed by atoms with Gasteiger partial charge < -0.3 is 4.57 Å². The number of hydrogen-bond acceptors (Lipinski definition) is 3. The molecule has 8 aromatic carbocycles. The number of aromatic nitrogens is 4. The van der Waals surface area contributed by atoms with E-state index in [0.29, 0.717) is 17.1 Å². The van der Waals surface area contributed by atoms with Crippen molar-refractivity contribution in [2.75, 3.05) is 0 Å². The van der Waals surface area contributed by atoms with Crippen LogP contribution in [0.25, 0.3) is 88.9 Å². The minimum atomic E-state index is -0.0114. The van der Waals surface area contributed by atoms with Gasteiger partial charge in [-0.3, -0.25) is 9.36 Å². The van der Waals surface area contributed by atoms with Crippen LogP contribution in [0, 0.1) is 0 Å². The maximum Gasteiger partial charge on any atom is 0.235 e. The minimum Gasteiger partial charge on any atom is -0.309 e. The molecule has 62 heavy (non-hydrogen) atoms. The molecule has 5 nitrogen and oxygen atoms in total. The van der Waals surface area contributed by atoms with Gasteiger partial charge in [0.15, 0.2) is 5.78 Å². The molecule has 0 aliphatic rings. The second-order valence-corrected chi connectivity index (χ2v) is 15.1. The van der Waals surface area contributed by atoms with Gasteiger partial charge >= 0.3 is 0 Å². The molecular weight excluding hydrogens is 757 g/mol. The van der Waals surface area contributed by atoms with Gasteiger partial charge in [-0.2, -0.15) is 0 Å². The zero-order valence-corrected chi connectivity index (χ0v) is 33.9. The number of allylic oxidation sites excluding steroid dienone is 2. The maximum absolute atomic E-state index is 13.3. The van der Waals surface area contributed by atoms with Gasteiger partial charge in [0.2, 0.25) is 5.95 Å². The van der Waals surface area contributed by atoms with Crippen molar-refractivity contribution < 1.29 is 4.79 Å². The van der Waals surface area contributed by atoms with Gasteiger partial charge in [0.1, 0.15) is 0 Å². The fraction of sp³-hybridized carbons (Fsp3) is 0. The van der Waals surface area contributed by atoms with Gasteiger partial charge in [-0.1, -0.05) is 183 Å². The van der Waals surface area contributed by atoms with Gasteiger partial charge in [-0.15, -0.1) is 0 Å². The third kappa shape index (κ3) is 6.87. The average Bonchev–Trinajstić information content (AvgIpc) is 3.87. The number of hydrogen-bond donors (Lipinski definition) is 0. The number of para-hydroxylation sites is 3. The quantitative estimate of drug-likeness (QED) is 0.114. The standard InChI is InChI=1S/C53H34N4O.C4H6/c58-52(37-16-6-2-7-17-37)38-26-24-36(25-27-38)47-34-46(35-14-4-1-5-15-35)54-53(55-47)57-49-23-13-10-20-42(49)44-30-28-40(33-51(44)57)39-29-31-50-45(32-39)43-21-11-12-22-48(43)56(50)41-18-8-3-9-19-41;1-3-4-2/h1-34H;3-4H,1-2H2. The van der Waals surface area contributed by atoms with Crippen molar-refractivity contribution in [3.63, 3.8) is 0 Å². The molecule has 0 saturated heterocycles. The minimum absolute atomic E-state index is 0.0114. The van der Waals surface area contributed by atoms with Crippen molar-refractivity contribution in [1.82, 2.24) is 19.1 Å². The Morgan fingerprint density at radius 1 is 0.387 bits per heavy atom. The molecule has 0 amide bonds. The average molecular weight is 797 g/mol. The highest BCUT2D eigenvalue weighted by Gasteiger charge is 2.19. The number of nitrogens with zero attached hydrogens (tertiary/aromatic N) is 4. The first-order chi connectivity index (χ1) is 30.6. The topological polar surface area (TPSA) is 52.7 Å². The van der Waals surface area contributed by atoms with E-state index in [1.165, 1.54) is 21.8 Å². The number of benzene rings is 8. The van der Waals surface area contributed by atoms with Gasteiger partial charge in [0.05, 0.1) is 33.5 Å². The molecule has 5 heteroatoms. The summed E-state index contributed by atoms with van der Waals surface area (Å²) in [6.07, 6.45) is 3.28. The van der Waals surface area contributed by atoms with Crippen LogP contribution in [0.1, 0.15) is 15.9 Å². The van der Waals surface area contributed by atoms with Crippen LogP contribution in [-0.2, 0) is 0 Å². The molecular formula is C57H40N4O. The molecule has 0 bridgehead atoms. The predicted octanol–water partition coefficient (Wildman–Crippen LogP) is 14.3. The van der Waals surface area contributed by atoms with E-state index in [4.69, 9.17) is 9.97 Å². The molecule has 3 aromatic heterocycles. The third-order valence-electron chi connectivity index (χ3n) is 11.3. The largest absolute Gasteiger partial charge is 0.309 e. The zero-order valence-electron chi connectivity index (χ0n) is 33.9. The first kappa shape index (κ1) is 37.8. The Morgan fingerprint density at radius 3 is 1.52 bits per heavy atom. The summed E-state index contributed by atoms with van der Waals surface area (Å²) in [6, 6.07) is 70.5. The van der Waals surface area contributed by atoms with E-state index < -0.39 is 0 Å². The van der Waals surface area contributed by atoms with E-state index in [9.17, 15) is 4.79 Å². The summed E-state index contributed by atoms with van der Waals surface area (Å²) in [5, 5.41) is 4.68. The Hall–Kier alpha value is -8.41. The van der Waals surface area contributed by atoms with Crippen LogP contribution in [0.4, 0.5) is 0 Å². The first-order valence-electron chi connectivity index (χ1n) is 20.6. The van der Waals surface area contributed by atoms with Crippen molar-refractivity contribution in [3.05, 3.63) is 243 Å². The van der Waals surface area contributed by atoms with Crippen molar-refractivity contribution >= 4 is 49.4 Å². The fourth-order valence-electron chi connectivity index (χ4n) is 8.36. The lowest BCUT2D eigenvalue weighted by Crippen LogP contribution is -2.04. The molecule has 0 aliphatic carbocycles. The summed E-state index contributed by atoms with van der Waals surface area (Å²) in [7, 11) is 0. The van der Waals surface area contributed by atoms with E-state index >= 15 is 0 Å². The highest BCUT2D eigenvalue weighted by molar-refractivity contribution is 6.12. The maximum atomic E-state index is 13.3. The van der Waals surface area contributed by atoms with Crippen LogP contribution in [-0.4, -0.2) is 24.9 Å². The van der Waals surface area contributed by atoms with E-state index in [0.717, 1.165) is 61.1 Å². The molecule has 0 fully saturated rings. The van der Waals surface area contributed by atoms with Gasteiger partial charge in [0.25, 0.3) is 0 Å². The summed E-state index contributed by atoms with van der Waals surface area (Å²) in [5.74, 6) is 0.563. The molecule has 0 aliphatic heterocycles. The molecule has 0 unspecified atom stereocenters. The third-order valence-corrected chi connectivity index (χ3v) is 11.3. The van der Waals surface area contributed by atoms with E-state index in [1.807, 2.05) is 78.9 Å². The molecule has 11 aromatic rings. The number of carbonyl (C=O) groups is 1. The number of ketones is 1. The Labute approximate surface area is 359 Å². The van der Waals surface area contributed by atoms with Crippen LogP contribution in [0.5, 0.6) is 0 Å². The number of carbonyl (C=O) groups excluding carboxylic acids is 1. The van der Waals surface area contributed by atoms with E-state index in [2.05, 4.69) is 150 Å². The molecule has 0 radical (unpaired) electrons. The van der Waals surface area contributed by atoms with Gasteiger partial charge in [-0.25, -0.2) is 9.97 Å². The SMILES string of the molecule is C=CC=C.O=C(c1ccccc1)c1ccc(-c2cc(-c3ccccc3)nc(-n3c4ccccc4c4ccc(-c5ccc6c(c5)c5ccccc5n6-c5ccccc5)cc43)n2)cc1. The number of rotatable bonds is 8. The highest BCUT2D eigenvalue weighted by atomic mass is 16.1. The normalized spacial score (nSPS) is 11.1. The van der Waals surface area contributed by atoms with Crippen LogP contribution in [0.15, 0.2) is 232 Å². The smallest absolute Gasteiger partial charge is 0.235 e. The molecule has 0 atom stereocenters. The van der Waals surface area contributed by atoms with Crippen molar-refractivity contribution in [1.29, 1.82) is 0 Å². The summed E-state index contributed by atoms with van der Waals surface area (Å²) in [6.45, 7) is 6.72. The highest BCUT2D eigenvalue weighted by Crippen LogP contribution is 2.38. The molecule has 0 saturated carbocycles. The van der Waals surface area contributed by atoms with Crippen molar-refractivity contribution in [3.8, 4) is 45.3 Å². The van der Waals surface area contributed by atoms with E-state index in [1.54, 1.807) is 12.2 Å². The lowest BCUT2D eigenvalue weighted by Gasteiger charge is -2.12. The van der Waals surface area contributed by atoms with Crippen LogP contribution < -0.4 is 0 Å². The molecule has 0 spiro atoms. The lowest BCUT2D eigenvalue weighted by atomic mass is 10.0. The zero-order chi connectivity index (χ0) is 42.0. The fourth-order valence-corrected chi connectivity index (χ4v) is 8.36. The Bertz CT molecular complexity index is 3430. The lowest BCUT2D eigenvalue weighted by molar-refractivity contribution is 0.103. The first-order valence-corrected chi connectivity index (χ1v) is 20.6. The molecule has 0 N–H and O–H groups in total. The van der Waals surface area contributed by atoms with Crippen molar-refractivity contribution in [2.24, 2.45) is 0 Å². The Balaban J connectivity index is 0.00000110. The summed E-state index contributed by atoms with van der Waals surface area (Å²) in [4.78, 5) is 23.8. The second-order valence-electron chi connectivity index (χ2n) is 15.1. The monoisotopic (exact) mass is 796 g/mol. The van der Waals surface area contributed by atoms with Crippen LogP contribution in [0.2, 0.25) is 0 Å². The predicted molar refractivity (Wildman–Crippen MR) is 257 cm³/mol. The summed E-state index contributed by atoms with van der Waals surface area (Å²) in [5.41, 5.74) is 12.5. The molecule has 3 heterocycles. The molecule has 294 valence electrons. The van der Waals surface area contributed by atoms with Gasteiger partial charge in [-0.05, 0) is 59.7 Å². The Kier molecular flexibility index (Phi) is 9.96. The molecule has 11 rings (SSSR count). The number of fused-ring (bicyclic) bond motifs is 6. The summed E-state index contributed by atoms with van der Waals surface area (Å²) >= 11 is 0.